The molecule has 6 heteroatoms. The van der Waals surface area contributed by atoms with Crippen LogP contribution in [0.1, 0.15) is 10.4 Å². The molecule has 0 spiro atoms. The highest BCUT2D eigenvalue weighted by Gasteiger charge is 2.11. The van der Waals surface area contributed by atoms with E-state index in [2.05, 4.69) is 43.8 Å². The molecular formula is C13H7BrClFINO. The molecule has 0 saturated heterocycles. The third-order valence-corrected chi connectivity index (χ3v) is 4.00. The Morgan fingerprint density at radius 1 is 1.26 bits per heavy atom. The first kappa shape index (κ1) is 14.7. The van der Waals surface area contributed by atoms with Crippen molar-refractivity contribution in [3.05, 3.63) is 60.8 Å². The minimum Gasteiger partial charge on any atom is -0.322 e. The molecule has 0 unspecified atom stereocenters. The number of hydrogen-bond donors (Lipinski definition) is 1. The number of hydrogen-bond acceptors (Lipinski definition) is 1. The van der Waals surface area contributed by atoms with Gasteiger partial charge in [0.1, 0.15) is 5.82 Å². The summed E-state index contributed by atoms with van der Waals surface area (Å²) in [5.74, 6) is -0.803. The zero-order valence-corrected chi connectivity index (χ0v) is 13.9. The quantitative estimate of drug-likeness (QED) is 0.629. The Hall–Kier alpha value is -0.660. The lowest BCUT2D eigenvalue weighted by atomic mass is 10.2. The van der Waals surface area contributed by atoms with Crippen molar-refractivity contribution in [1.29, 1.82) is 0 Å². The van der Waals surface area contributed by atoms with E-state index in [1.807, 2.05) is 6.07 Å². The van der Waals surface area contributed by atoms with Gasteiger partial charge in [-0.15, -0.1) is 0 Å². The fourth-order valence-electron chi connectivity index (χ4n) is 1.44. The Morgan fingerprint density at radius 3 is 2.68 bits per heavy atom. The first-order valence-electron chi connectivity index (χ1n) is 5.19. The van der Waals surface area contributed by atoms with Crippen LogP contribution in [0.3, 0.4) is 0 Å². The Morgan fingerprint density at radius 2 is 2.00 bits per heavy atom. The summed E-state index contributed by atoms with van der Waals surface area (Å²) in [6.07, 6.45) is 0. The smallest absolute Gasteiger partial charge is 0.256 e. The molecule has 1 N–H and O–H groups in total. The average molecular weight is 454 g/mol. The monoisotopic (exact) mass is 453 g/mol. The van der Waals surface area contributed by atoms with E-state index >= 15 is 0 Å². The fourth-order valence-corrected chi connectivity index (χ4v) is 2.54. The third kappa shape index (κ3) is 3.67. The van der Waals surface area contributed by atoms with Crippen molar-refractivity contribution >= 4 is 61.7 Å². The predicted molar refractivity (Wildman–Crippen MR) is 86.2 cm³/mol. The van der Waals surface area contributed by atoms with Gasteiger partial charge in [-0.1, -0.05) is 11.6 Å². The molecule has 0 radical (unpaired) electrons. The number of rotatable bonds is 2. The van der Waals surface area contributed by atoms with E-state index in [9.17, 15) is 9.18 Å². The molecule has 2 nitrogen and oxygen atoms in total. The number of anilines is 1. The lowest BCUT2D eigenvalue weighted by Gasteiger charge is -2.08. The summed E-state index contributed by atoms with van der Waals surface area (Å²) >= 11 is 11.1. The van der Waals surface area contributed by atoms with Crippen molar-refractivity contribution in [2.75, 3.05) is 5.32 Å². The van der Waals surface area contributed by atoms with Crippen LogP contribution in [-0.2, 0) is 0 Å². The highest BCUT2D eigenvalue weighted by atomic mass is 127. The second-order valence-electron chi connectivity index (χ2n) is 3.71. The van der Waals surface area contributed by atoms with Crippen molar-refractivity contribution in [1.82, 2.24) is 0 Å². The predicted octanol–water partition coefficient (Wildman–Crippen LogP) is 5.10. The van der Waals surface area contributed by atoms with Crippen LogP contribution in [-0.4, -0.2) is 5.91 Å². The van der Waals surface area contributed by atoms with Gasteiger partial charge in [-0.25, -0.2) is 4.39 Å². The molecule has 2 aromatic carbocycles. The zero-order valence-electron chi connectivity index (χ0n) is 9.38. The van der Waals surface area contributed by atoms with Crippen molar-refractivity contribution in [2.45, 2.75) is 0 Å². The van der Waals surface area contributed by atoms with Crippen LogP contribution in [0.4, 0.5) is 10.1 Å². The van der Waals surface area contributed by atoms with E-state index < -0.39 is 5.82 Å². The summed E-state index contributed by atoms with van der Waals surface area (Å²) in [6, 6.07) is 9.48. The van der Waals surface area contributed by atoms with Crippen LogP contribution < -0.4 is 5.32 Å². The van der Waals surface area contributed by atoms with Gasteiger partial charge in [-0.05, 0) is 74.9 Å². The molecule has 2 aromatic rings. The standard InChI is InChI=1S/C13H7BrClFINO/c14-10-3-1-7(17)5-9(10)13(19)18-8-2-4-12(16)11(15)6-8/h1-6H,(H,18,19). The molecule has 0 aliphatic rings. The molecule has 0 fully saturated rings. The van der Waals surface area contributed by atoms with Crippen molar-refractivity contribution < 1.29 is 9.18 Å². The highest BCUT2D eigenvalue weighted by Crippen LogP contribution is 2.23. The second-order valence-corrected chi connectivity index (χ2v) is 6.21. The van der Waals surface area contributed by atoms with E-state index in [0.29, 0.717) is 15.7 Å². The van der Waals surface area contributed by atoms with Crippen molar-refractivity contribution in [2.24, 2.45) is 0 Å². The zero-order chi connectivity index (χ0) is 14.0. The van der Waals surface area contributed by atoms with Crippen LogP contribution in [0.25, 0.3) is 0 Å². The van der Waals surface area contributed by atoms with Crippen LogP contribution in [0, 0.1) is 9.39 Å². The Labute approximate surface area is 136 Å². The van der Waals surface area contributed by atoms with E-state index in [1.165, 1.54) is 18.2 Å². The maximum Gasteiger partial charge on any atom is 0.256 e. The summed E-state index contributed by atoms with van der Waals surface area (Å²) in [5.41, 5.74) is 0.953. The topological polar surface area (TPSA) is 29.1 Å². The number of nitrogens with one attached hydrogen (secondary N) is 1. The van der Waals surface area contributed by atoms with Crippen LogP contribution >= 0.6 is 50.1 Å². The van der Waals surface area contributed by atoms with Gasteiger partial charge in [0.15, 0.2) is 0 Å². The minimum atomic E-state index is -0.518. The van der Waals surface area contributed by atoms with Gasteiger partial charge in [-0.2, -0.15) is 0 Å². The maximum absolute atomic E-state index is 13.0. The van der Waals surface area contributed by atoms with Crippen molar-refractivity contribution in [3.8, 4) is 0 Å². The molecular weight excluding hydrogens is 447 g/mol. The van der Waals surface area contributed by atoms with Crippen LogP contribution in [0.5, 0.6) is 0 Å². The molecule has 2 rings (SSSR count). The molecule has 1 amide bonds. The van der Waals surface area contributed by atoms with Gasteiger partial charge in [0, 0.05) is 13.7 Å². The number of carbonyl (C=O) groups excluding carboxylic acids is 1. The van der Waals surface area contributed by atoms with Gasteiger partial charge >= 0.3 is 0 Å². The molecule has 0 heterocycles. The van der Waals surface area contributed by atoms with E-state index in [-0.39, 0.29) is 10.9 Å². The summed E-state index contributed by atoms with van der Waals surface area (Å²) < 4.78 is 14.7. The third-order valence-electron chi connectivity index (χ3n) is 2.35. The number of amides is 1. The Balaban J connectivity index is 2.25. The minimum absolute atomic E-state index is 0.0282. The van der Waals surface area contributed by atoms with Gasteiger partial charge in [-0.3, -0.25) is 4.79 Å². The van der Waals surface area contributed by atoms with Crippen LogP contribution in [0.15, 0.2) is 40.9 Å². The molecule has 0 aromatic heterocycles. The highest BCUT2D eigenvalue weighted by molar-refractivity contribution is 14.1. The number of benzene rings is 2. The molecule has 0 bridgehead atoms. The van der Waals surface area contributed by atoms with Gasteiger partial charge < -0.3 is 5.32 Å². The summed E-state index contributed by atoms with van der Waals surface area (Å²) in [4.78, 5) is 12.1. The average Bonchev–Trinajstić information content (AvgIpc) is 2.36. The molecule has 0 aliphatic heterocycles. The summed E-state index contributed by atoms with van der Waals surface area (Å²) in [6.45, 7) is 0. The first-order chi connectivity index (χ1) is 8.97. The molecule has 0 aliphatic carbocycles. The van der Waals surface area contributed by atoms with Gasteiger partial charge in [0.05, 0.1) is 10.6 Å². The second kappa shape index (κ2) is 6.19. The fraction of sp³-hybridized carbons (Fsp3) is 0. The molecule has 98 valence electrons. The summed E-state index contributed by atoms with van der Waals surface area (Å²) in [7, 11) is 0. The number of carbonyl (C=O) groups is 1. The lowest BCUT2D eigenvalue weighted by Crippen LogP contribution is -2.12. The SMILES string of the molecule is O=C(Nc1ccc(F)c(Cl)c1)c1cc(I)ccc1Br. The molecule has 0 saturated carbocycles. The Bertz CT molecular complexity index is 651. The van der Waals surface area contributed by atoms with Crippen LogP contribution in [0.2, 0.25) is 5.02 Å². The number of halogens is 4. The van der Waals surface area contributed by atoms with Crippen molar-refractivity contribution in [3.63, 3.8) is 0 Å². The van der Waals surface area contributed by atoms with E-state index in [1.54, 1.807) is 12.1 Å². The molecule has 0 atom stereocenters. The van der Waals surface area contributed by atoms with E-state index in [4.69, 9.17) is 11.6 Å². The van der Waals surface area contributed by atoms with Gasteiger partial charge in [0.25, 0.3) is 5.91 Å². The Kier molecular flexibility index (Phi) is 4.81. The molecule has 19 heavy (non-hydrogen) atoms. The first-order valence-corrected chi connectivity index (χ1v) is 7.44. The largest absolute Gasteiger partial charge is 0.322 e. The summed E-state index contributed by atoms with van der Waals surface area (Å²) in [5, 5.41) is 2.64. The maximum atomic E-state index is 13.0. The van der Waals surface area contributed by atoms with Gasteiger partial charge in [0.2, 0.25) is 0 Å². The lowest BCUT2D eigenvalue weighted by molar-refractivity contribution is 0.102. The van der Waals surface area contributed by atoms with E-state index in [0.717, 1.165) is 3.57 Å². The normalized spacial score (nSPS) is 10.3.